The molecule has 0 aliphatic rings. The summed E-state index contributed by atoms with van der Waals surface area (Å²) in [5, 5.41) is 11.3. The molecule has 112 valence electrons. The van der Waals surface area contributed by atoms with Crippen molar-refractivity contribution in [3.63, 3.8) is 0 Å². The van der Waals surface area contributed by atoms with Gasteiger partial charge in [0.1, 0.15) is 5.69 Å². The number of aryl methyl sites for hydroxylation is 1. The number of para-hydroxylation sites is 1. The standard InChI is InChI=1S/C19H14N2O2/c1-11-6-2-3-7-12(11)17-18-14(10-16(21-17)19(22)23)13-8-4-5-9-15(13)20-18/h2-10,20H,1H3,(H,22,23). The zero-order chi connectivity index (χ0) is 16.0. The first-order valence-electron chi connectivity index (χ1n) is 7.36. The Hall–Kier alpha value is -3.14. The molecule has 2 heterocycles. The van der Waals surface area contributed by atoms with Crippen LogP contribution in [0.2, 0.25) is 0 Å². The first-order valence-corrected chi connectivity index (χ1v) is 7.36. The Morgan fingerprint density at radius 3 is 2.57 bits per heavy atom. The topological polar surface area (TPSA) is 66.0 Å². The molecule has 2 N–H and O–H groups in total. The summed E-state index contributed by atoms with van der Waals surface area (Å²) in [6, 6.07) is 17.4. The lowest BCUT2D eigenvalue weighted by molar-refractivity contribution is 0.0691. The third-order valence-corrected chi connectivity index (χ3v) is 4.12. The van der Waals surface area contributed by atoms with Crippen LogP contribution in [0.4, 0.5) is 0 Å². The normalized spacial score (nSPS) is 11.2. The summed E-state index contributed by atoms with van der Waals surface area (Å²) in [4.78, 5) is 19.3. The van der Waals surface area contributed by atoms with Crippen molar-refractivity contribution in [1.82, 2.24) is 9.97 Å². The molecule has 2 aromatic heterocycles. The van der Waals surface area contributed by atoms with Crippen LogP contribution in [-0.4, -0.2) is 21.0 Å². The number of nitrogens with one attached hydrogen (secondary N) is 1. The third-order valence-electron chi connectivity index (χ3n) is 4.12. The van der Waals surface area contributed by atoms with E-state index in [1.165, 1.54) is 0 Å². The van der Waals surface area contributed by atoms with Gasteiger partial charge in [0.25, 0.3) is 0 Å². The minimum Gasteiger partial charge on any atom is -0.477 e. The van der Waals surface area contributed by atoms with Crippen molar-refractivity contribution in [3.05, 3.63) is 65.9 Å². The number of pyridine rings is 1. The predicted octanol–water partition coefficient (Wildman–Crippen LogP) is 4.39. The second kappa shape index (κ2) is 4.95. The van der Waals surface area contributed by atoms with Gasteiger partial charge in [0.2, 0.25) is 0 Å². The van der Waals surface area contributed by atoms with Crippen molar-refractivity contribution >= 4 is 27.8 Å². The first kappa shape index (κ1) is 13.5. The second-order valence-corrected chi connectivity index (χ2v) is 5.57. The first-order chi connectivity index (χ1) is 11.1. The van der Waals surface area contributed by atoms with E-state index in [0.29, 0.717) is 5.69 Å². The minimum absolute atomic E-state index is 0.0560. The number of rotatable bonds is 2. The maximum Gasteiger partial charge on any atom is 0.354 e. The molecule has 0 saturated heterocycles. The fourth-order valence-electron chi connectivity index (χ4n) is 2.99. The summed E-state index contributed by atoms with van der Waals surface area (Å²) in [6.07, 6.45) is 0. The molecule has 4 rings (SSSR count). The van der Waals surface area contributed by atoms with Gasteiger partial charge in [-0.05, 0) is 24.6 Å². The molecule has 4 nitrogen and oxygen atoms in total. The maximum absolute atomic E-state index is 11.5. The number of aromatic nitrogens is 2. The Labute approximate surface area is 132 Å². The summed E-state index contributed by atoms with van der Waals surface area (Å²) in [6.45, 7) is 2.00. The number of hydrogen-bond donors (Lipinski definition) is 2. The van der Waals surface area contributed by atoms with Gasteiger partial charge in [-0.25, -0.2) is 9.78 Å². The van der Waals surface area contributed by atoms with E-state index in [1.807, 2.05) is 55.5 Å². The number of fused-ring (bicyclic) bond motifs is 3. The molecule has 23 heavy (non-hydrogen) atoms. The molecule has 0 aliphatic heterocycles. The molecule has 0 radical (unpaired) electrons. The molecule has 0 amide bonds. The second-order valence-electron chi connectivity index (χ2n) is 5.57. The number of aromatic carboxylic acids is 1. The molecule has 0 unspecified atom stereocenters. The van der Waals surface area contributed by atoms with Crippen LogP contribution in [0.5, 0.6) is 0 Å². The fraction of sp³-hybridized carbons (Fsp3) is 0.0526. The van der Waals surface area contributed by atoms with Crippen LogP contribution in [0.15, 0.2) is 54.6 Å². The van der Waals surface area contributed by atoms with Crippen LogP contribution >= 0.6 is 0 Å². The smallest absolute Gasteiger partial charge is 0.354 e. The molecular formula is C19H14N2O2. The average Bonchev–Trinajstić information content (AvgIpc) is 2.93. The Morgan fingerprint density at radius 2 is 1.78 bits per heavy atom. The number of carboxylic acid groups (broad SMARTS) is 1. The Balaban J connectivity index is 2.17. The molecule has 0 saturated carbocycles. The van der Waals surface area contributed by atoms with Crippen molar-refractivity contribution in [2.24, 2.45) is 0 Å². The molecule has 0 atom stereocenters. The third kappa shape index (κ3) is 2.07. The van der Waals surface area contributed by atoms with Crippen LogP contribution in [0.25, 0.3) is 33.1 Å². The molecule has 4 heteroatoms. The number of H-pyrrole nitrogens is 1. The Kier molecular flexibility index (Phi) is 2.91. The number of carboxylic acids is 1. The quantitative estimate of drug-likeness (QED) is 0.577. The minimum atomic E-state index is -1.02. The van der Waals surface area contributed by atoms with Crippen LogP contribution in [0.3, 0.4) is 0 Å². The van der Waals surface area contributed by atoms with Crippen LogP contribution < -0.4 is 0 Å². The highest BCUT2D eigenvalue weighted by Gasteiger charge is 2.17. The van der Waals surface area contributed by atoms with Gasteiger partial charge in [0.05, 0.1) is 11.2 Å². The van der Waals surface area contributed by atoms with E-state index in [9.17, 15) is 9.90 Å². The van der Waals surface area contributed by atoms with Crippen molar-refractivity contribution in [1.29, 1.82) is 0 Å². The van der Waals surface area contributed by atoms with Crippen molar-refractivity contribution < 1.29 is 9.90 Å². The monoisotopic (exact) mass is 302 g/mol. The van der Waals surface area contributed by atoms with E-state index >= 15 is 0 Å². The number of hydrogen-bond acceptors (Lipinski definition) is 2. The number of benzene rings is 2. The SMILES string of the molecule is Cc1ccccc1-c1nc(C(=O)O)cc2c1[nH]c1ccccc12. The summed E-state index contributed by atoms with van der Waals surface area (Å²) < 4.78 is 0. The van der Waals surface area contributed by atoms with Crippen LogP contribution in [0, 0.1) is 6.92 Å². The van der Waals surface area contributed by atoms with E-state index in [4.69, 9.17) is 0 Å². The van der Waals surface area contributed by atoms with E-state index in [1.54, 1.807) is 6.07 Å². The molecule has 0 aliphatic carbocycles. The predicted molar refractivity (Wildman–Crippen MR) is 90.7 cm³/mol. The van der Waals surface area contributed by atoms with E-state index in [0.717, 1.165) is 32.9 Å². The maximum atomic E-state index is 11.5. The fourth-order valence-corrected chi connectivity index (χ4v) is 2.99. The summed E-state index contributed by atoms with van der Waals surface area (Å²) >= 11 is 0. The lowest BCUT2D eigenvalue weighted by atomic mass is 10.0. The zero-order valence-corrected chi connectivity index (χ0v) is 12.5. The Morgan fingerprint density at radius 1 is 1.04 bits per heavy atom. The highest BCUT2D eigenvalue weighted by molar-refractivity contribution is 6.12. The van der Waals surface area contributed by atoms with Gasteiger partial charge in [-0.2, -0.15) is 0 Å². The van der Waals surface area contributed by atoms with E-state index in [-0.39, 0.29) is 5.69 Å². The van der Waals surface area contributed by atoms with E-state index in [2.05, 4.69) is 9.97 Å². The number of nitrogens with zero attached hydrogens (tertiary/aromatic N) is 1. The van der Waals surface area contributed by atoms with Crippen LogP contribution in [-0.2, 0) is 0 Å². The zero-order valence-electron chi connectivity index (χ0n) is 12.5. The summed E-state index contributed by atoms with van der Waals surface area (Å²) in [5.41, 5.74) is 4.57. The van der Waals surface area contributed by atoms with Gasteiger partial charge >= 0.3 is 5.97 Å². The molecule has 2 aromatic carbocycles. The van der Waals surface area contributed by atoms with Crippen LogP contribution in [0.1, 0.15) is 16.1 Å². The van der Waals surface area contributed by atoms with Gasteiger partial charge in [-0.3, -0.25) is 0 Å². The largest absolute Gasteiger partial charge is 0.477 e. The van der Waals surface area contributed by atoms with Gasteiger partial charge in [0.15, 0.2) is 0 Å². The lowest BCUT2D eigenvalue weighted by Crippen LogP contribution is -2.02. The van der Waals surface area contributed by atoms with Gasteiger partial charge in [-0.1, -0.05) is 42.5 Å². The molecule has 4 aromatic rings. The summed E-state index contributed by atoms with van der Waals surface area (Å²) in [7, 11) is 0. The summed E-state index contributed by atoms with van der Waals surface area (Å²) in [5.74, 6) is -1.02. The van der Waals surface area contributed by atoms with Gasteiger partial charge in [-0.15, -0.1) is 0 Å². The Bertz CT molecular complexity index is 1060. The van der Waals surface area contributed by atoms with Gasteiger partial charge in [0, 0.05) is 21.9 Å². The average molecular weight is 302 g/mol. The molecule has 0 spiro atoms. The van der Waals surface area contributed by atoms with Crippen molar-refractivity contribution in [2.45, 2.75) is 6.92 Å². The highest BCUT2D eigenvalue weighted by Crippen LogP contribution is 2.33. The molecule has 0 fully saturated rings. The van der Waals surface area contributed by atoms with Gasteiger partial charge < -0.3 is 10.1 Å². The van der Waals surface area contributed by atoms with Crippen molar-refractivity contribution in [3.8, 4) is 11.3 Å². The lowest BCUT2D eigenvalue weighted by Gasteiger charge is -2.08. The number of carbonyl (C=O) groups is 1. The van der Waals surface area contributed by atoms with Crippen molar-refractivity contribution in [2.75, 3.05) is 0 Å². The molecule has 0 bridgehead atoms. The van der Waals surface area contributed by atoms with E-state index < -0.39 is 5.97 Å². The highest BCUT2D eigenvalue weighted by atomic mass is 16.4. The molecular weight excluding hydrogens is 288 g/mol. The number of aromatic amines is 1.